The Morgan fingerprint density at radius 2 is 1.03 bits per heavy atom. The van der Waals surface area contributed by atoms with Crippen molar-refractivity contribution in [1.29, 1.82) is 0 Å². The van der Waals surface area contributed by atoms with E-state index in [9.17, 15) is 16.8 Å². The van der Waals surface area contributed by atoms with Crippen molar-refractivity contribution >= 4 is 19.9 Å². The van der Waals surface area contributed by atoms with Crippen molar-refractivity contribution in [3.63, 3.8) is 0 Å². The van der Waals surface area contributed by atoms with Gasteiger partial charge in [0.15, 0.2) is 0 Å². The molecule has 0 rings (SSSR count). The smallest absolute Gasteiger partial charge is 0.209 e. The monoisotopic (exact) mass is 483 g/mol. The Hall–Kier alpha value is -0.180. The van der Waals surface area contributed by atoms with Crippen molar-refractivity contribution in [1.82, 2.24) is 0 Å². The fourth-order valence-corrected chi connectivity index (χ4v) is 5.96. The van der Waals surface area contributed by atoms with Crippen LogP contribution >= 0.6 is 0 Å². The second-order valence-electron chi connectivity index (χ2n) is 9.44. The lowest BCUT2D eigenvalue weighted by Gasteiger charge is -2.32. The first-order valence-corrected chi connectivity index (χ1v) is 15.9. The number of rotatable bonds is 20. The third-order valence-corrected chi connectivity index (χ3v) is 9.13. The Morgan fingerprint density at radius 3 is 1.35 bits per heavy atom. The number of primary sulfonamides is 1. The lowest BCUT2D eigenvalue weighted by atomic mass is 9.75. The maximum atomic E-state index is 11.5. The minimum Gasteiger partial charge on any atom is -0.381 e. The molecule has 0 aliphatic heterocycles. The maximum absolute atomic E-state index is 11.5. The summed E-state index contributed by atoms with van der Waals surface area (Å²) < 4.78 is 51.5. The van der Waals surface area contributed by atoms with Gasteiger partial charge in [-0.25, -0.2) is 22.0 Å². The van der Waals surface area contributed by atoms with E-state index in [1.54, 1.807) is 0 Å². The molecular weight excluding hydrogens is 434 g/mol. The molecule has 0 atom stereocenters. The van der Waals surface area contributed by atoms with Crippen LogP contribution in [0.1, 0.15) is 105 Å². The fraction of sp³-hybridized carbons (Fsp3) is 1.00. The first-order chi connectivity index (χ1) is 14.4. The van der Waals surface area contributed by atoms with Gasteiger partial charge in [0.1, 0.15) is 9.84 Å². The van der Waals surface area contributed by atoms with Gasteiger partial charge in [0.2, 0.25) is 10.0 Å². The highest BCUT2D eigenvalue weighted by Gasteiger charge is 2.28. The van der Waals surface area contributed by atoms with Crippen molar-refractivity contribution in [3.05, 3.63) is 0 Å². The molecule has 0 aromatic heterocycles. The topological polar surface area (TPSA) is 104 Å². The number of ether oxygens (including phenoxy) is 1. The normalized spacial score (nSPS) is 13.6. The summed E-state index contributed by atoms with van der Waals surface area (Å²) in [7, 11) is -6.32. The van der Waals surface area contributed by atoms with Gasteiger partial charge in [-0.3, -0.25) is 0 Å². The second kappa shape index (κ2) is 14.9. The molecule has 0 radical (unpaired) electrons. The Labute approximate surface area is 193 Å². The van der Waals surface area contributed by atoms with Crippen molar-refractivity contribution in [2.75, 3.05) is 31.0 Å². The predicted molar refractivity (Wildman–Crippen MR) is 131 cm³/mol. The summed E-state index contributed by atoms with van der Waals surface area (Å²) in [6.07, 6.45) is 12.8. The average Bonchev–Trinajstić information content (AvgIpc) is 2.70. The molecule has 0 aromatic carbocycles. The summed E-state index contributed by atoms with van der Waals surface area (Å²) in [5, 5.41) is 5.19. The lowest BCUT2D eigenvalue weighted by molar-refractivity contribution is 0.115. The summed E-state index contributed by atoms with van der Waals surface area (Å²) in [5.41, 5.74) is 0.186. The lowest BCUT2D eigenvalue weighted by Crippen LogP contribution is -2.26. The molecule has 0 unspecified atom stereocenters. The number of hydrogen-bond donors (Lipinski definition) is 1. The highest BCUT2D eigenvalue weighted by molar-refractivity contribution is 7.90. The van der Waals surface area contributed by atoms with Crippen LogP contribution in [0.25, 0.3) is 0 Å². The van der Waals surface area contributed by atoms with E-state index >= 15 is 0 Å². The number of sulfonamides is 1. The van der Waals surface area contributed by atoms with E-state index in [0.717, 1.165) is 83.8 Å². The molecule has 0 heterocycles. The van der Waals surface area contributed by atoms with E-state index in [1.165, 1.54) is 6.26 Å². The third-order valence-electron chi connectivity index (χ3n) is 7.41. The van der Waals surface area contributed by atoms with E-state index < -0.39 is 19.9 Å². The molecule has 0 amide bonds. The molecular formula is C23H49NO5S2. The number of unbranched alkanes of at least 4 members (excludes halogenated alkanes) is 2. The molecule has 8 heteroatoms. The predicted octanol–water partition coefficient (Wildman–Crippen LogP) is 5.07. The van der Waals surface area contributed by atoms with E-state index in [-0.39, 0.29) is 22.3 Å². The van der Waals surface area contributed by atoms with Crippen LogP contribution < -0.4 is 5.14 Å². The van der Waals surface area contributed by atoms with Gasteiger partial charge in [-0.15, -0.1) is 0 Å². The SMILES string of the molecule is CCC(CC)(CCCCOCCCCC(CC)(CC)CCS(N)(=O)=O)CCS(C)(=O)=O. The summed E-state index contributed by atoms with van der Waals surface area (Å²) in [5.74, 6) is 0.339. The highest BCUT2D eigenvalue weighted by atomic mass is 32.2. The molecule has 2 N–H and O–H groups in total. The standard InChI is InChI=1S/C23H49NO5S2/c1-6-22(7-2,16-20-30(5,25)26)14-10-12-18-29-19-13-11-15-23(8-3,9-4)17-21-31(24,27)28/h6-21H2,1-5H3,(H2,24,27,28). The number of nitrogens with two attached hydrogens (primary N) is 1. The summed E-state index contributed by atoms with van der Waals surface area (Å²) in [4.78, 5) is 0. The second-order valence-corrected chi connectivity index (χ2v) is 13.4. The van der Waals surface area contributed by atoms with Gasteiger partial charge in [0, 0.05) is 19.5 Å². The number of sulfone groups is 1. The Bertz CT molecular complexity index is 608. The highest BCUT2D eigenvalue weighted by Crippen LogP contribution is 2.37. The first kappa shape index (κ1) is 30.8. The van der Waals surface area contributed by atoms with Crippen molar-refractivity contribution in [2.24, 2.45) is 16.0 Å². The van der Waals surface area contributed by atoms with E-state index in [4.69, 9.17) is 9.88 Å². The van der Waals surface area contributed by atoms with Crippen LogP contribution in [-0.2, 0) is 24.6 Å². The maximum Gasteiger partial charge on any atom is 0.209 e. The Balaban J connectivity index is 4.13. The Morgan fingerprint density at radius 1 is 0.645 bits per heavy atom. The molecule has 0 aliphatic rings. The van der Waals surface area contributed by atoms with E-state index in [0.29, 0.717) is 6.42 Å². The third kappa shape index (κ3) is 14.6. The minimum absolute atomic E-state index is 0.0576. The molecule has 31 heavy (non-hydrogen) atoms. The van der Waals surface area contributed by atoms with Gasteiger partial charge in [0.05, 0.1) is 11.5 Å². The Kier molecular flexibility index (Phi) is 14.8. The minimum atomic E-state index is -3.41. The van der Waals surface area contributed by atoms with E-state index in [1.807, 2.05) is 0 Å². The van der Waals surface area contributed by atoms with Crippen LogP contribution in [0.3, 0.4) is 0 Å². The van der Waals surface area contributed by atoms with Crippen molar-refractivity contribution < 1.29 is 21.6 Å². The van der Waals surface area contributed by atoms with Crippen LogP contribution in [0, 0.1) is 10.8 Å². The van der Waals surface area contributed by atoms with Gasteiger partial charge in [0.25, 0.3) is 0 Å². The zero-order chi connectivity index (χ0) is 24.0. The van der Waals surface area contributed by atoms with Gasteiger partial charge in [-0.05, 0) is 49.4 Å². The quantitative estimate of drug-likeness (QED) is 0.243. The van der Waals surface area contributed by atoms with E-state index in [2.05, 4.69) is 27.7 Å². The van der Waals surface area contributed by atoms with Gasteiger partial charge < -0.3 is 4.74 Å². The van der Waals surface area contributed by atoms with Crippen molar-refractivity contribution in [2.45, 2.75) is 105 Å². The molecule has 0 aliphatic carbocycles. The van der Waals surface area contributed by atoms with Gasteiger partial charge in [-0.2, -0.15) is 0 Å². The van der Waals surface area contributed by atoms with Crippen LogP contribution in [0.4, 0.5) is 0 Å². The van der Waals surface area contributed by atoms with Crippen LogP contribution in [-0.4, -0.2) is 47.8 Å². The summed E-state index contributed by atoms with van der Waals surface area (Å²) in [6, 6.07) is 0. The summed E-state index contributed by atoms with van der Waals surface area (Å²) >= 11 is 0. The van der Waals surface area contributed by atoms with Gasteiger partial charge in [-0.1, -0.05) is 66.2 Å². The largest absolute Gasteiger partial charge is 0.381 e. The van der Waals surface area contributed by atoms with Gasteiger partial charge >= 0.3 is 0 Å². The molecule has 0 aromatic rings. The first-order valence-electron chi connectivity index (χ1n) is 12.1. The zero-order valence-electron chi connectivity index (χ0n) is 20.7. The molecule has 0 saturated carbocycles. The molecule has 188 valence electrons. The van der Waals surface area contributed by atoms with Crippen molar-refractivity contribution in [3.8, 4) is 0 Å². The fourth-order valence-electron chi connectivity index (χ4n) is 4.44. The molecule has 6 nitrogen and oxygen atoms in total. The molecule has 0 fully saturated rings. The molecule has 0 saturated heterocycles. The summed E-state index contributed by atoms with van der Waals surface area (Å²) in [6.45, 7) is 10.1. The van der Waals surface area contributed by atoms with Crippen LogP contribution in [0.15, 0.2) is 0 Å². The van der Waals surface area contributed by atoms with Crippen LogP contribution in [0.2, 0.25) is 0 Å². The van der Waals surface area contributed by atoms with Crippen LogP contribution in [0.5, 0.6) is 0 Å². The number of hydrogen-bond acceptors (Lipinski definition) is 5. The zero-order valence-corrected chi connectivity index (χ0v) is 22.4. The molecule has 0 bridgehead atoms. The average molecular weight is 484 g/mol. The molecule has 0 spiro atoms.